The van der Waals surface area contributed by atoms with Crippen molar-refractivity contribution in [2.24, 2.45) is 0 Å². The highest BCUT2D eigenvalue weighted by atomic mass is 35.5. The van der Waals surface area contributed by atoms with Gasteiger partial charge in [-0.05, 0) is 32.9 Å². The van der Waals surface area contributed by atoms with Crippen LogP contribution in [0.25, 0.3) is 5.82 Å². The van der Waals surface area contributed by atoms with E-state index in [1.165, 1.54) is 50.1 Å². The topological polar surface area (TPSA) is 80.5 Å². The summed E-state index contributed by atoms with van der Waals surface area (Å²) in [5.41, 5.74) is -3.41. The summed E-state index contributed by atoms with van der Waals surface area (Å²) in [6, 6.07) is 4.64. The number of hydrogen-bond acceptors (Lipinski definition) is 6. The van der Waals surface area contributed by atoms with Gasteiger partial charge in [-0.15, -0.1) is 0 Å². The summed E-state index contributed by atoms with van der Waals surface area (Å²) in [7, 11) is 0. The molecule has 3 aromatic heterocycles. The SMILES string of the molecule is CC1=CC(OCc2ncc(F)cc2F)=C(Cl)CN1c1cc(-n2cccc(C(C)(C)O)c2=O)ncc1C(F)(F)F. The Morgan fingerprint density at radius 2 is 1.85 bits per heavy atom. The van der Waals surface area contributed by atoms with Crippen LogP contribution in [0.5, 0.6) is 0 Å². The van der Waals surface area contributed by atoms with Crippen molar-refractivity contribution in [3.05, 3.63) is 104 Å². The number of halogens is 6. The average molecular weight is 569 g/mol. The standard InChI is InChI=1S/C26H22ClF5N4O3/c1-14-7-22(39-13-20-19(29)8-15(28)10-33-20)18(27)12-36(14)21-9-23(34-11-17(21)26(30,31)32)35-6-4-5-16(24(35)37)25(2,3)38/h4-11,38H,12-13H2,1-3H3. The predicted octanol–water partition coefficient (Wildman–Crippen LogP) is 5.54. The largest absolute Gasteiger partial charge is 0.486 e. The number of alkyl halides is 3. The Morgan fingerprint density at radius 3 is 2.49 bits per heavy atom. The molecule has 4 rings (SSSR count). The van der Waals surface area contributed by atoms with Crippen LogP contribution < -0.4 is 10.5 Å². The first-order chi connectivity index (χ1) is 18.2. The lowest BCUT2D eigenvalue weighted by atomic mass is 10.0. The number of rotatable bonds is 6. The molecule has 0 aliphatic carbocycles. The molecule has 13 heteroatoms. The third-order valence-corrected chi connectivity index (χ3v) is 6.20. The molecule has 4 heterocycles. The molecule has 1 aliphatic rings. The van der Waals surface area contributed by atoms with Crippen LogP contribution >= 0.6 is 11.6 Å². The van der Waals surface area contributed by atoms with E-state index in [-0.39, 0.29) is 40.1 Å². The zero-order chi connectivity index (χ0) is 28.7. The van der Waals surface area contributed by atoms with Crippen LogP contribution in [0, 0.1) is 11.6 Å². The molecular weight excluding hydrogens is 547 g/mol. The fraction of sp³-hybridized carbons (Fsp3) is 0.269. The number of allylic oxidation sites excluding steroid dienone is 2. The van der Waals surface area contributed by atoms with Gasteiger partial charge in [-0.1, -0.05) is 11.6 Å². The molecule has 0 unspecified atom stereocenters. The van der Waals surface area contributed by atoms with E-state index in [2.05, 4.69) is 9.97 Å². The summed E-state index contributed by atoms with van der Waals surface area (Å²) >= 11 is 6.36. The number of nitrogens with zero attached hydrogens (tertiary/aromatic N) is 4. The molecule has 39 heavy (non-hydrogen) atoms. The van der Waals surface area contributed by atoms with E-state index in [9.17, 15) is 31.9 Å². The highest BCUT2D eigenvalue weighted by molar-refractivity contribution is 6.30. The molecule has 1 N–H and O–H groups in total. The Kier molecular flexibility index (Phi) is 7.55. The molecule has 0 radical (unpaired) electrons. The van der Waals surface area contributed by atoms with Crippen LogP contribution in [0.4, 0.5) is 27.6 Å². The first kappa shape index (κ1) is 28.2. The monoisotopic (exact) mass is 568 g/mol. The van der Waals surface area contributed by atoms with Gasteiger partial charge in [-0.3, -0.25) is 14.3 Å². The van der Waals surface area contributed by atoms with Gasteiger partial charge in [0.15, 0.2) is 5.82 Å². The maximum absolute atomic E-state index is 14.0. The van der Waals surface area contributed by atoms with Crippen molar-refractivity contribution < 1.29 is 31.8 Å². The Morgan fingerprint density at radius 1 is 1.13 bits per heavy atom. The molecule has 206 valence electrons. The van der Waals surface area contributed by atoms with Gasteiger partial charge in [-0.2, -0.15) is 13.2 Å². The van der Waals surface area contributed by atoms with Gasteiger partial charge in [0.2, 0.25) is 0 Å². The van der Waals surface area contributed by atoms with E-state index in [0.29, 0.717) is 18.0 Å². The molecule has 0 amide bonds. The maximum atomic E-state index is 14.0. The minimum Gasteiger partial charge on any atom is -0.486 e. The first-order valence-corrected chi connectivity index (χ1v) is 11.8. The second kappa shape index (κ2) is 10.4. The van der Waals surface area contributed by atoms with Crippen molar-refractivity contribution in [3.8, 4) is 5.82 Å². The fourth-order valence-electron chi connectivity index (χ4n) is 3.93. The van der Waals surface area contributed by atoms with Crippen molar-refractivity contribution in [1.82, 2.24) is 14.5 Å². The summed E-state index contributed by atoms with van der Waals surface area (Å²) in [5, 5.41) is 10.3. The Bertz CT molecular complexity index is 1540. The summed E-state index contributed by atoms with van der Waals surface area (Å²) in [4.78, 5) is 21.8. The van der Waals surface area contributed by atoms with E-state index in [0.717, 1.165) is 16.8 Å². The lowest BCUT2D eigenvalue weighted by Gasteiger charge is -2.32. The highest BCUT2D eigenvalue weighted by Crippen LogP contribution is 2.40. The smallest absolute Gasteiger partial charge is 0.419 e. The Hall–Kier alpha value is -3.77. The zero-order valence-electron chi connectivity index (χ0n) is 20.9. The second-order valence-electron chi connectivity index (χ2n) is 9.23. The number of hydrogen-bond donors (Lipinski definition) is 1. The van der Waals surface area contributed by atoms with Gasteiger partial charge >= 0.3 is 6.18 Å². The van der Waals surface area contributed by atoms with Crippen molar-refractivity contribution in [1.29, 1.82) is 0 Å². The second-order valence-corrected chi connectivity index (χ2v) is 9.68. The van der Waals surface area contributed by atoms with Crippen LogP contribution in [0.2, 0.25) is 0 Å². The molecule has 0 fully saturated rings. The van der Waals surface area contributed by atoms with E-state index >= 15 is 0 Å². The van der Waals surface area contributed by atoms with Gasteiger partial charge in [0.25, 0.3) is 5.56 Å². The average Bonchev–Trinajstić information content (AvgIpc) is 2.83. The third kappa shape index (κ3) is 5.96. The van der Waals surface area contributed by atoms with E-state index < -0.39 is 41.1 Å². The fourth-order valence-corrected chi connectivity index (χ4v) is 4.15. The predicted molar refractivity (Wildman–Crippen MR) is 133 cm³/mol. The molecular formula is C26H22ClF5N4O3. The maximum Gasteiger partial charge on any atom is 0.419 e. The van der Waals surface area contributed by atoms with Gasteiger partial charge in [0.05, 0.1) is 34.6 Å². The molecule has 0 aromatic carbocycles. The quantitative estimate of drug-likeness (QED) is 0.393. The van der Waals surface area contributed by atoms with Crippen LogP contribution in [0.1, 0.15) is 37.6 Å². The molecule has 0 spiro atoms. The molecule has 0 atom stereocenters. The number of ether oxygens (including phenoxy) is 1. The van der Waals surface area contributed by atoms with Gasteiger partial charge in [0, 0.05) is 41.9 Å². The van der Waals surface area contributed by atoms with Crippen LogP contribution in [-0.4, -0.2) is 26.2 Å². The molecule has 0 saturated heterocycles. The summed E-state index contributed by atoms with van der Waals surface area (Å²) in [6.45, 7) is 3.70. The summed E-state index contributed by atoms with van der Waals surface area (Å²) in [5.74, 6) is -1.81. The van der Waals surface area contributed by atoms with Crippen LogP contribution in [0.15, 0.2) is 70.2 Å². The van der Waals surface area contributed by atoms with Crippen LogP contribution in [-0.2, 0) is 23.1 Å². The van der Waals surface area contributed by atoms with Gasteiger partial charge in [-0.25, -0.2) is 13.8 Å². The van der Waals surface area contributed by atoms with Crippen molar-refractivity contribution >= 4 is 17.3 Å². The number of aromatic nitrogens is 3. The zero-order valence-corrected chi connectivity index (χ0v) is 21.6. The van der Waals surface area contributed by atoms with Crippen molar-refractivity contribution in [2.75, 3.05) is 11.4 Å². The van der Waals surface area contributed by atoms with E-state index in [1.54, 1.807) is 0 Å². The molecule has 0 bridgehead atoms. The lowest BCUT2D eigenvalue weighted by molar-refractivity contribution is -0.137. The molecule has 0 saturated carbocycles. The van der Waals surface area contributed by atoms with Gasteiger partial charge < -0.3 is 14.7 Å². The minimum atomic E-state index is -4.79. The van der Waals surface area contributed by atoms with E-state index in [4.69, 9.17) is 16.3 Å². The highest BCUT2D eigenvalue weighted by Gasteiger charge is 2.37. The third-order valence-electron chi connectivity index (χ3n) is 5.90. The Balaban J connectivity index is 1.71. The normalized spacial score (nSPS) is 14.5. The first-order valence-electron chi connectivity index (χ1n) is 11.5. The Labute approximate surface area is 224 Å². The molecule has 1 aliphatic heterocycles. The lowest BCUT2D eigenvalue weighted by Crippen LogP contribution is -2.32. The minimum absolute atomic E-state index is 0.0100. The van der Waals surface area contributed by atoms with Crippen LogP contribution in [0.3, 0.4) is 0 Å². The molecule has 3 aromatic rings. The molecule has 7 nitrogen and oxygen atoms in total. The number of aliphatic hydroxyl groups is 1. The summed E-state index contributed by atoms with van der Waals surface area (Å²) < 4.78 is 75.5. The van der Waals surface area contributed by atoms with Crippen molar-refractivity contribution in [3.63, 3.8) is 0 Å². The summed E-state index contributed by atoms with van der Waals surface area (Å²) in [6.07, 6.45) is -0.650. The van der Waals surface area contributed by atoms with Gasteiger partial charge in [0.1, 0.15) is 29.7 Å². The van der Waals surface area contributed by atoms with E-state index in [1.807, 2.05) is 0 Å². The number of pyridine rings is 3. The number of anilines is 1. The van der Waals surface area contributed by atoms with Crippen molar-refractivity contribution in [2.45, 2.75) is 39.2 Å².